The van der Waals surface area contributed by atoms with Gasteiger partial charge in [-0.2, -0.15) is 0 Å². The molecule has 2 nitrogen and oxygen atoms in total. The third kappa shape index (κ3) is 2.56. The lowest BCUT2D eigenvalue weighted by molar-refractivity contribution is -0.101. The van der Waals surface area contributed by atoms with Gasteiger partial charge in [0.05, 0.1) is 5.60 Å². The first-order valence-corrected chi connectivity index (χ1v) is 7.41. The molecule has 106 valence electrons. The van der Waals surface area contributed by atoms with Crippen molar-refractivity contribution in [2.75, 3.05) is 6.54 Å². The van der Waals surface area contributed by atoms with E-state index in [1.54, 1.807) is 0 Å². The van der Waals surface area contributed by atoms with Crippen LogP contribution in [0.5, 0.6) is 0 Å². The van der Waals surface area contributed by atoms with Crippen LogP contribution in [0.2, 0.25) is 0 Å². The first-order chi connectivity index (χ1) is 8.91. The molecule has 19 heavy (non-hydrogen) atoms. The zero-order valence-corrected chi connectivity index (χ0v) is 12.4. The molecule has 0 aromatic heterocycles. The molecule has 0 radical (unpaired) electrons. The highest BCUT2D eigenvalue weighted by Crippen LogP contribution is 2.50. The van der Waals surface area contributed by atoms with E-state index in [-0.39, 0.29) is 5.41 Å². The summed E-state index contributed by atoms with van der Waals surface area (Å²) in [5.41, 5.74) is 7.29. The quantitative estimate of drug-likeness (QED) is 0.876. The molecule has 1 aromatic carbocycles. The zero-order chi connectivity index (χ0) is 14.1. The van der Waals surface area contributed by atoms with Crippen molar-refractivity contribution >= 4 is 0 Å². The second kappa shape index (κ2) is 5.26. The van der Waals surface area contributed by atoms with Crippen molar-refractivity contribution in [3.8, 4) is 0 Å². The Hall–Kier alpha value is -0.860. The van der Waals surface area contributed by atoms with E-state index in [9.17, 15) is 5.11 Å². The summed E-state index contributed by atoms with van der Waals surface area (Å²) in [4.78, 5) is 0. The Morgan fingerprint density at radius 3 is 2.53 bits per heavy atom. The van der Waals surface area contributed by atoms with Crippen molar-refractivity contribution in [2.24, 2.45) is 17.1 Å². The Bertz CT molecular complexity index is 423. The van der Waals surface area contributed by atoms with E-state index < -0.39 is 5.60 Å². The monoisotopic (exact) mass is 261 g/mol. The number of aliphatic hydroxyl groups is 1. The Balaban J connectivity index is 2.37. The predicted octanol–water partition coefficient (Wildman–Crippen LogP) is 3.36. The van der Waals surface area contributed by atoms with Crippen LogP contribution in [0, 0.1) is 18.3 Å². The van der Waals surface area contributed by atoms with Crippen molar-refractivity contribution < 1.29 is 5.11 Å². The van der Waals surface area contributed by atoms with Crippen LogP contribution < -0.4 is 5.73 Å². The standard InChI is InChI=1S/C17H27NO/c1-13-6-8-15(9-7-13)16(3,19)17(12-18)10-4-5-14(2)11-17/h6-9,14,19H,4-5,10-12,18H2,1-3H3. The minimum atomic E-state index is -0.843. The van der Waals surface area contributed by atoms with Crippen molar-refractivity contribution in [3.05, 3.63) is 35.4 Å². The van der Waals surface area contributed by atoms with E-state index in [1.165, 1.54) is 18.4 Å². The van der Waals surface area contributed by atoms with Gasteiger partial charge >= 0.3 is 0 Å². The van der Waals surface area contributed by atoms with E-state index in [2.05, 4.69) is 26.0 Å². The third-order valence-corrected chi connectivity index (χ3v) is 5.13. The largest absolute Gasteiger partial charge is 0.385 e. The van der Waals surface area contributed by atoms with Crippen LogP contribution in [0.1, 0.15) is 50.7 Å². The second-order valence-electron chi connectivity index (χ2n) is 6.62. The van der Waals surface area contributed by atoms with Crippen LogP contribution in [0.3, 0.4) is 0 Å². The van der Waals surface area contributed by atoms with Gasteiger partial charge in [0, 0.05) is 12.0 Å². The Morgan fingerprint density at radius 2 is 2.00 bits per heavy atom. The molecule has 0 spiro atoms. The molecule has 3 unspecified atom stereocenters. The number of aryl methyl sites for hydroxylation is 1. The normalized spacial score (nSPS) is 30.9. The number of rotatable bonds is 3. The number of hydrogen-bond donors (Lipinski definition) is 2. The van der Waals surface area contributed by atoms with Crippen LogP contribution in [-0.2, 0) is 5.60 Å². The fourth-order valence-corrected chi connectivity index (χ4v) is 3.67. The van der Waals surface area contributed by atoms with Gasteiger partial charge in [-0.05, 0) is 38.2 Å². The van der Waals surface area contributed by atoms with Gasteiger partial charge < -0.3 is 10.8 Å². The van der Waals surface area contributed by atoms with Gasteiger partial charge in [0.25, 0.3) is 0 Å². The lowest BCUT2D eigenvalue weighted by Gasteiger charge is -2.49. The molecule has 0 bridgehead atoms. The molecule has 1 fully saturated rings. The van der Waals surface area contributed by atoms with Gasteiger partial charge in [-0.15, -0.1) is 0 Å². The molecule has 0 aliphatic heterocycles. The van der Waals surface area contributed by atoms with Crippen LogP contribution in [0.25, 0.3) is 0 Å². The summed E-state index contributed by atoms with van der Waals surface area (Å²) in [7, 11) is 0. The molecule has 1 aromatic rings. The first-order valence-electron chi connectivity index (χ1n) is 7.41. The summed E-state index contributed by atoms with van der Waals surface area (Å²) in [5.74, 6) is 0.647. The molecule has 1 aliphatic rings. The lowest BCUT2D eigenvalue weighted by Crippen LogP contribution is -2.51. The summed E-state index contributed by atoms with van der Waals surface area (Å²) in [5, 5.41) is 11.2. The molecular weight excluding hydrogens is 234 g/mol. The average molecular weight is 261 g/mol. The Kier molecular flexibility index (Phi) is 4.03. The van der Waals surface area contributed by atoms with E-state index in [4.69, 9.17) is 5.73 Å². The van der Waals surface area contributed by atoms with E-state index in [1.807, 2.05) is 19.1 Å². The highest BCUT2D eigenvalue weighted by atomic mass is 16.3. The van der Waals surface area contributed by atoms with Crippen LogP contribution >= 0.6 is 0 Å². The van der Waals surface area contributed by atoms with Crippen LogP contribution in [-0.4, -0.2) is 11.7 Å². The fraction of sp³-hybridized carbons (Fsp3) is 0.647. The summed E-state index contributed by atoms with van der Waals surface area (Å²) < 4.78 is 0. The smallest absolute Gasteiger partial charge is 0.0936 e. The SMILES string of the molecule is Cc1ccc(C(C)(O)C2(CN)CCCC(C)C2)cc1. The van der Waals surface area contributed by atoms with Gasteiger partial charge in [0.2, 0.25) is 0 Å². The molecule has 1 saturated carbocycles. The number of nitrogens with two attached hydrogens (primary N) is 1. The van der Waals surface area contributed by atoms with Gasteiger partial charge in [0.15, 0.2) is 0 Å². The van der Waals surface area contributed by atoms with E-state index in [0.29, 0.717) is 12.5 Å². The molecule has 1 aliphatic carbocycles. The minimum absolute atomic E-state index is 0.181. The van der Waals surface area contributed by atoms with Gasteiger partial charge in [-0.25, -0.2) is 0 Å². The lowest BCUT2D eigenvalue weighted by atomic mass is 9.59. The third-order valence-electron chi connectivity index (χ3n) is 5.13. The Labute approximate surface area is 117 Å². The molecule has 2 heteroatoms. The van der Waals surface area contributed by atoms with Crippen LogP contribution in [0.15, 0.2) is 24.3 Å². The Morgan fingerprint density at radius 1 is 1.37 bits per heavy atom. The van der Waals surface area contributed by atoms with E-state index >= 15 is 0 Å². The van der Waals surface area contributed by atoms with Gasteiger partial charge in [-0.1, -0.05) is 49.6 Å². The molecule has 0 amide bonds. The maximum Gasteiger partial charge on any atom is 0.0936 e. The average Bonchev–Trinajstić information content (AvgIpc) is 2.39. The zero-order valence-electron chi connectivity index (χ0n) is 12.4. The topological polar surface area (TPSA) is 46.2 Å². The van der Waals surface area contributed by atoms with Crippen molar-refractivity contribution in [2.45, 2.75) is 52.1 Å². The van der Waals surface area contributed by atoms with Gasteiger partial charge in [-0.3, -0.25) is 0 Å². The van der Waals surface area contributed by atoms with Crippen molar-refractivity contribution in [1.82, 2.24) is 0 Å². The number of benzene rings is 1. The second-order valence-corrected chi connectivity index (χ2v) is 6.62. The summed E-state index contributed by atoms with van der Waals surface area (Å²) in [6.45, 7) is 6.84. The molecular formula is C17H27NO. The fourth-order valence-electron chi connectivity index (χ4n) is 3.67. The molecule has 3 N–H and O–H groups in total. The minimum Gasteiger partial charge on any atom is -0.385 e. The van der Waals surface area contributed by atoms with Crippen molar-refractivity contribution in [1.29, 1.82) is 0 Å². The maximum absolute atomic E-state index is 11.2. The number of hydrogen-bond acceptors (Lipinski definition) is 2. The molecule has 0 saturated heterocycles. The van der Waals surface area contributed by atoms with E-state index in [0.717, 1.165) is 18.4 Å². The van der Waals surface area contributed by atoms with Gasteiger partial charge in [0.1, 0.15) is 0 Å². The predicted molar refractivity (Wildman–Crippen MR) is 79.9 cm³/mol. The maximum atomic E-state index is 11.2. The first kappa shape index (κ1) is 14.5. The van der Waals surface area contributed by atoms with Crippen molar-refractivity contribution in [3.63, 3.8) is 0 Å². The molecule has 3 atom stereocenters. The summed E-state index contributed by atoms with van der Waals surface area (Å²) >= 11 is 0. The highest BCUT2D eigenvalue weighted by molar-refractivity contribution is 5.28. The molecule has 0 heterocycles. The molecule has 2 rings (SSSR count). The summed E-state index contributed by atoms with van der Waals surface area (Å²) in [6, 6.07) is 8.23. The van der Waals surface area contributed by atoms with Crippen LogP contribution in [0.4, 0.5) is 0 Å². The highest BCUT2D eigenvalue weighted by Gasteiger charge is 2.48. The summed E-state index contributed by atoms with van der Waals surface area (Å²) in [6.07, 6.45) is 4.46.